The van der Waals surface area contributed by atoms with Crippen molar-refractivity contribution in [2.45, 2.75) is 247 Å². The zero-order chi connectivity index (χ0) is 75.4. The lowest BCUT2D eigenvalue weighted by molar-refractivity contribution is -0.395. The lowest BCUT2D eigenvalue weighted by atomic mass is 9.95. The third-order valence-corrected chi connectivity index (χ3v) is 20.9. The molecule has 21 saturated heterocycles. The summed E-state index contributed by atoms with van der Waals surface area (Å²) in [5.41, 5.74) is 0. The Labute approximate surface area is 595 Å². The van der Waals surface area contributed by atoms with Gasteiger partial charge >= 0.3 is 11.9 Å². The fourth-order valence-electron chi connectivity index (χ4n) is 12.6. The lowest BCUT2D eigenvalue weighted by Gasteiger charge is -2.50. The maximum Gasteiger partial charge on any atom is 0.321 e. The summed E-state index contributed by atoms with van der Waals surface area (Å²) in [5, 5.41) is 239. The molecule has 14 bridgehead atoms. The first-order valence-corrected chi connectivity index (χ1v) is 35.5. The molecule has 21 rings (SSSR count). The third kappa shape index (κ3) is 21.0. The van der Waals surface area contributed by atoms with E-state index in [1.807, 2.05) is 0 Å². The van der Waals surface area contributed by atoms with Gasteiger partial charge in [0.1, 0.15) is 176 Å². The molecule has 14 unspecified atom stereocenters. The van der Waals surface area contributed by atoms with Crippen molar-refractivity contribution in [1.29, 1.82) is 0 Å². The molecule has 0 aromatic heterocycles. The molecule has 596 valence electrons. The van der Waals surface area contributed by atoms with Crippen LogP contribution in [0.15, 0.2) is 0 Å². The van der Waals surface area contributed by atoms with Gasteiger partial charge in [0.15, 0.2) is 44.0 Å². The van der Waals surface area contributed by atoms with Crippen LogP contribution in [0.25, 0.3) is 0 Å². The minimum atomic E-state index is -2.31. The van der Waals surface area contributed by atoms with E-state index in [-0.39, 0.29) is 62.3 Å². The number of hydrogen-bond donors (Lipinski definition) is 22. The van der Waals surface area contributed by atoms with E-state index in [1.165, 1.54) is 14.0 Å². The lowest BCUT2D eigenvalue weighted by Crippen LogP contribution is -2.68. The van der Waals surface area contributed by atoms with Crippen LogP contribution in [-0.4, -0.2) is 441 Å². The number of thioether (sulfide) groups is 2. The second kappa shape index (κ2) is 40.0. The van der Waals surface area contributed by atoms with Gasteiger partial charge < -0.3 is 188 Å². The van der Waals surface area contributed by atoms with Gasteiger partial charge in [-0.25, -0.2) is 0 Å². The maximum atomic E-state index is 13.0. The maximum absolute atomic E-state index is 13.0. The first kappa shape index (κ1) is 86.1. The molecule has 44 heteroatoms. The molecular formula is C59H97NO41S2. The van der Waals surface area contributed by atoms with E-state index in [0.29, 0.717) is 0 Å². The molecule has 37 atom stereocenters. The number of nitrogens with one attached hydrogen (secondary N) is 1. The average Bonchev–Trinajstić information content (AvgIpc) is 0.785. The molecular weight excluding hydrogens is 1440 g/mol. The molecule has 0 aromatic rings. The second-order valence-electron chi connectivity index (χ2n) is 25.7. The van der Waals surface area contributed by atoms with Crippen molar-refractivity contribution >= 4 is 47.0 Å². The first-order chi connectivity index (χ1) is 49.0. The molecule has 21 fully saturated rings. The fourth-order valence-corrected chi connectivity index (χ4v) is 15.0. The molecule has 0 aliphatic carbocycles. The predicted octanol–water partition coefficient (Wildman–Crippen LogP) is -13.0. The number of aliphatic hydroxyl groups is 19. The Kier molecular flexibility index (Phi) is 33.4. The highest BCUT2D eigenvalue weighted by atomic mass is 32.2. The Morgan fingerprint density at radius 1 is 0.350 bits per heavy atom. The van der Waals surface area contributed by atoms with Gasteiger partial charge in [0.25, 0.3) is 0 Å². The summed E-state index contributed by atoms with van der Waals surface area (Å²) >= 11 is 1.66. The molecule has 42 nitrogen and oxygen atoms in total. The van der Waals surface area contributed by atoms with Crippen LogP contribution in [0.4, 0.5) is 0 Å². The first-order valence-electron chi connectivity index (χ1n) is 33.2. The predicted molar refractivity (Wildman–Crippen MR) is 332 cm³/mol. The highest BCUT2D eigenvalue weighted by Crippen LogP contribution is 2.40. The van der Waals surface area contributed by atoms with Gasteiger partial charge in [0.05, 0.1) is 77.6 Å². The van der Waals surface area contributed by atoms with Crippen molar-refractivity contribution in [3.8, 4) is 0 Å². The van der Waals surface area contributed by atoms with E-state index in [0.717, 1.165) is 23.5 Å². The number of aliphatic carboxylic acids is 2. The number of carboxylic acids is 2. The molecule has 0 aromatic carbocycles. The second-order valence-corrected chi connectivity index (χ2v) is 27.9. The smallest absolute Gasteiger partial charge is 0.321 e. The Hall–Kier alpha value is -2.46. The molecule has 21 aliphatic rings. The quantitative estimate of drug-likeness (QED) is 0.0340. The van der Waals surface area contributed by atoms with Crippen molar-refractivity contribution in [2.75, 3.05) is 89.5 Å². The fraction of sp³-hybridized carbons (Fsp3) is 0.932. The number of ether oxygens (including phenoxy) is 16. The van der Waals surface area contributed by atoms with Crippen molar-refractivity contribution in [3.63, 3.8) is 0 Å². The number of rotatable bonds is 27. The van der Waals surface area contributed by atoms with Gasteiger partial charge in [-0.05, 0) is 14.0 Å². The standard InChI is InChI=1S/C59H97NO41S2/c1-19(66)3-5-86-7-8-87-6-4-21(67)9-20(51(82)83)15-102-17-28-49-35(73)42(80)58(93-28)98-47-26(13-64)89-55(38(76)31(47)69)97-46-25(12-63)92-57(41(79)34(46)72)101-50-29(18-103-16-22(60-2)52(84)85)94-59(43(81)36(50)74)99-48-27(14-65)90-54(39(77)32(48)70)95-44-23(10-61)88-53(37(75)30(44)68)96-45-24(11-62)91-56(100-49)40(78)33(45)71/h20,22-50,53-65,68-81H,3-18H2,1-2H3,(H,82,83)(H,84,85)/t20-,22-,23?,24?,25?,26?,27?,28?,29?,30-,31-,32-,33-,34-,35-,36-,37?,38?,39?,40?,41?,42?,43?,44-,45-,46-,47-,48-,49-,50-,53+,54-,55+,56+,57+,58-,59+/m1/s1. The number of Topliss-reactive ketones (excluding diaryl/α,β-unsaturated/α-hetero) is 2. The van der Waals surface area contributed by atoms with Crippen LogP contribution in [0.2, 0.25) is 0 Å². The summed E-state index contributed by atoms with van der Waals surface area (Å²) in [4.78, 5) is 48.7. The summed E-state index contributed by atoms with van der Waals surface area (Å²) in [5.74, 6) is -6.08. The van der Waals surface area contributed by atoms with Gasteiger partial charge in [0.2, 0.25) is 0 Å². The van der Waals surface area contributed by atoms with Gasteiger partial charge in [-0.3, -0.25) is 19.2 Å². The summed E-state index contributed by atoms with van der Waals surface area (Å²) in [6, 6.07) is -1.18. The number of carbonyl (C=O) groups is 4. The molecule has 103 heavy (non-hydrogen) atoms. The third-order valence-electron chi connectivity index (χ3n) is 18.6. The Balaban J connectivity index is 1.08. The van der Waals surface area contributed by atoms with E-state index < -0.39 is 290 Å². The van der Waals surface area contributed by atoms with Crippen molar-refractivity contribution in [1.82, 2.24) is 5.32 Å². The summed E-state index contributed by atoms with van der Waals surface area (Å²) < 4.78 is 93.3. The summed E-state index contributed by atoms with van der Waals surface area (Å²) in [6.45, 7) is -3.91. The van der Waals surface area contributed by atoms with Crippen LogP contribution < -0.4 is 5.32 Å². The Morgan fingerprint density at radius 3 is 0.845 bits per heavy atom. The molecule has 0 saturated carbocycles. The zero-order valence-corrected chi connectivity index (χ0v) is 57.2. The molecule has 21 aliphatic heterocycles. The topological polar surface area (TPSA) is 653 Å². The number of aliphatic hydroxyl groups excluding tert-OH is 19. The molecule has 0 amide bonds. The number of carbonyl (C=O) groups excluding carboxylic acids is 2. The minimum absolute atomic E-state index is 0.0645. The SMILES string of the molecule is CN[C@H](CSCC1O[C@H]2O[C@@H]3C(CO)O[C@H](O[C@@H]4C(CO)O[C@@H](O[C@@H]5C(CO)O[C@@H](O[C@@H]6C(CSC[C@@H](CC(=O)CCOCCOCCC(C)=O)C(=O)O)O[C@H](O[C@@H]7C(CO)O[C@@H](O[C@@H]8C(CO)O[C@@H](O[C@H]1[C@H](O)C2O)C(O)[C@H]8O)C(O)[C@H]7O)C(O)[C@H]6O)C(O)[C@H]5O)C(O)[C@H]4O)C(O)[C@H]3O)C(=O)O. The van der Waals surface area contributed by atoms with E-state index >= 15 is 0 Å². The van der Waals surface area contributed by atoms with Crippen LogP contribution in [-0.2, 0) is 95.0 Å². The van der Waals surface area contributed by atoms with Crippen LogP contribution >= 0.6 is 23.5 Å². The summed E-state index contributed by atoms with van der Waals surface area (Å²) in [7, 11) is 1.35. The number of likely N-dealkylation sites (N-methyl/N-ethyl adjacent to an activating group) is 1. The molecule has 22 N–H and O–H groups in total. The van der Waals surface area contributed by atoms with Gasteiger partial charge in [-0.2, -0.15) is 23.5 Å². The van der Waals surface area contributed by atoms with E-state index in [4.69, 9.17) is 75.8 Å². The average molecular weight is 1540 g/mol. The Bertz CT molecular complexity index is 2610. The monoisotopic (exact) mass is 1540 g/mol. The molecule has 0 radical (unpaired) electrons. The number of hydrogen-bond acceptors (Lipinski definition) is 42. The van der Waals surface area contributed by atoms with Crippen LogP contribution in [0.1, 0.15) is 26.2 Å². The normalized spacial score (nSPS) is 44.9. The highest BCUT2D eigenvalue weighted by Gasteiger charge is 2.60. The van der Waals surface area contributed by atoms with Crippen molar-refractivity contribution in [3.05, 3.63) is 0 Å². The highest BCUT2D eigenvalue weighted by molar-refractivity contribution is 7.99. The van der Waals surface area contributed by atoms with Gasteiger partial charge in [-0.1, -0.05) is 0 Å². The van der Waals surface area contributed by atoms with Gasteiger partial charge in [0, 0.05) is 42.3 Å². The zero-order valence-electron chi connectivity index (χ0n) is 55.5. The van der Waals surface area contributed by atoms with Crippen LogP contribution in [0.3, 0.4) is 0 Å². The Morgan fingerprint density at radius 2 is 0.602 bits per heavy atom. The van der Waals surface area contributed by atoms with E-state index in [1.54, 1.807) is 0 Å². The number of ketones is 2. The van der Waals surface area contributed by atoms with Crippen LogP contribution in [0, 0.1) is 5.92 Å². The van der Waals surface area contributed by atoms with E-state index in [9.17, 15) is 126 Å². The minimum Gasteiger partial charge on any atom is -0.481 e. The largest absolute Gasteiger partial charge is 0.481 e. The van der Waals surface area contributed by atoms with Gasteiger partial charge in [-0.15, -0.1) is 0 Å². The molecule has 0 spiro atoms. The number of carboxylic acid groups (broad SMARTS) is 2. The van der Waals surface area contributed by atoms with E-state index in [2.05, 4.69) is 5.32 Å². The van der Waals surface area contributed by atoms with Crippen molar-refractivity contribution < 1.29 is 202 Å². The van der Waals surface area contributed by atoms with Crippen LogP contribution in [0.5, 0.6) is 0 Å². The summed E-state index contributed by atoms with van der Waals surface area (Å²) in [6.07, 6.45) is -73.1. The molecule has 21 heterocycles. The van der Waals surface area contributed by atoms with Crippen molar-refractivity contribution in [2.24, 2.45) is 5.92 Å².